The molecule has 4 nitrogen and oxygen atoms in total. The fourth-order valence-electron chi connectivity index (χ4n) is 2.31. The van der Waals surface area contributed by atoms with Gasteiger partial charge in [-0.05, 0) is 49.6 Å². The summed E-state index contributed by atoms with van der Waals surface area (Å²) < 4.78 is 5.47. The second-order valence-corrected chi connectivity index (χ2v) is 6.07. The topological polar surface area (TPSA) is 41.9 Å². The van der Waals surface area contributed by atoms with Crippen molar-refractivity contribution in [3.8, 4) is 0 Å². The number of carbonyl (C=O) groups excluding carboxylic acids is 1. The Morgan fingerprint density at radius 1 is 1.16 bits per heavy atom. The van der Waals surface area contributed by atoms with Gasteiger partial charge in [0.1, 0.15) is 6.61 Å². The van der Waals surface area contributed by atoms with Gasteiger partial charge in [-0.1, -0.05) is 36.8 Å². The van der Waals surface area contributed by atoms with E-state index in [4.69, 9.17) is 4.74 Å². The third-order valence-corrected chi connectivity index (χ3v) is 4.08. The maximum atomic E-state index is 12.4. The highest BCUT2D eigenvalue weighted by Crippen LogP contribution is 2.20. The summed E-state index contributed by atoms with van der Waals surface area (Å²) in [6.45, 7) is 7.30. The molecule has 2 rings (SSSR count). The highest BCUT2D eigenvalue weighted by molar-refractivity contribution is 5.91. The summed E-state index contributed by atoms with van der Waals surface area (Å²) in [7, 11) is 1.97. The molecule has 0 atom stereocenters. The Morgan fingerprint density at radius 2 is 1.88 bits per heavy atom. The molecule has 0 N–H and O–H groups in total. The molecule has 2 aromatic carbocycles. The van der Waals surface area contributed by atoms with Crippen LogP contribution in [-0.4, -0.2) is 30.8 Å². The van der Waals surface area contributed by atoms with Gasteiger partial charge in [-0.15, -0.1) is 0 Å². The number of aliphatic imine (C=N–C) groups is 1. The zero-order chi connectivity index (χ0) is 18.2. The number of esters is 1. The third-order valence-electron chi connectivity index (χ3n) is 4.08. The lowest BCUT2D eigenvalue weighted by atomic mass is 10.0. The molecule has 0 unspecified atom stereocenters. The van der Waals surface area contributed by atoms with Crippen LogP contribution < -0.4 is 0 Å². The van der Waals surface area contributed by atoms with Crippen molar-refractivity contribution in [2.24, 2.45) is 4.99 Å². The van der Waals surface area contributed by atoms with Crippen LogP contribution >= 0.6 is 0 Å². The normalized spacial score (nSPS) is 10.9. The summed E-state index contributed by atoms with van der Waals surface area (Å²) >= 11 is 0. The zero-order valence-electron chi connectivity index (χ0n) is 15.5. The molecule has 0 saturated carbocycles. The quantitative estimate of drug-likeness (QED) is 0.423. The summed E-state index contributed by atoms with van der Waals surface area (Å²) in [5, 5.41) is 0. The number of aryl methyl sites for hydroxylation is 2. The molecule has 0 spiro atoms. The average molecular weight is 338 g/mol. The van der Waals surface area contributed by atoms with Crippen molar-refractivity contribution in [2.75, 3.05) is 13.6 Å². The van der Waals surface area contributed by atoms with E-state index in [9.17, 15) is 4.79 Å². The van der Waals surface area contributed by atoms with Crippen molar-refractivity contribution in [1.82, 2.24) is 4.90 Å². The van der Waals surface area contributed by atoms with E-state index in [2.05, 4.69) is 11.9 Å². The van der Waals surface area contributed by atoms with Crippen molar-refractivity contribution < 1.29 is 9.53 Å². The van der Waals surface area contributed by atoms with Crippen molar-refractivity contribution >= 4 is 18.0 Å². The van der Waals surface area contributed by atoms with Crippen molar-refractivity contribution in [1.29, 1.82) is 0 Å². The van der Waals surface area contributed by atoms with E-state index in [1.807, 2.05) is 62.2 Å². The highest BCUT2D eigenvalue weighted by atomic mass is 16.5. The van der Waals surface area contributed by atoms with Crippen LogP contribution in [-0.2, 0) is 17.8 Å². The second-order valence-electron chi connectivity index (χ2n) is 6.07. The van der Waals surface area contributed by atoms with E-state index >= 15 is 0 Å². The van der Waals surface area contributed by atoms with Gasteiger partial charge in [0.15, 0.2) is 0 Å². The lowest BCUT2D eigenvalue weighted by Crippen LogP contribution is -2.14. The van der Waals surface area contributed by atoms with E-state index in [1.54, 1.807) is 12.4 Å². The van der Waals surface area contributed by atoms with Crippen molar-refractivity contribution in [2.45, 2.75) is 33.8 Å². The number of hydrogen-bond acceptors (Lipinski definition) is 3. The summed E-state index contributed by atoms with van der Waals surface area (Å²) in [4.78, 5) is 18.9. The lowest BCUT2D eigenvalue weighted by Gasteiger charge is -2.11. The number of nitrogens with zero attached hydrogens (tertiary/aromatic N) is 2. The van der Waals surface area contributed by atoms with Gasteiger partial charge >= 0.3 is 5.97 Å². The summed E-state index contributed by atoms with van der Waals surface area (Å²) in [6.07, 6.45) is 2.55. The molecule has 0 saturated heterocycles. The molecule has 0 aromatic heterocycles. The molecule has 0 aliphatic rings. The van der Waals surface area contributed by atoms with Crippen molar-refractivity contribution in [3.63, 3.8) is 0 Å². The van der Waals surface area contributed by atoms with Gasteiger partial charge in [0.05, 0.1) is 17.6 Å². The van der Waals surface area contributed by atoms with Crippen LogP contribution in [0.3, 0.4) is 0 Å². The molecular formula is C21H26N2O2. The fraction of sp³-hybridized carbons (Fsp3) is 0.333. The Labute approximate surface area is 150 Å². The Morgan fingerprint density at radius 3 is 2.52 bits per heavy atom. The van der Waals surface area contributed by atoms with E-state index < -0.39 is 0 Å². The van der Waals surface area contributed by atoms with Crippen molar-refractivity contribution in [3.05, 3.63) is 64.7 Å². The first-order valence-corrected chi connectivity index (χ1v) is 8.63. The first kappa shape index (κ1) is 18.7. The van der Waals surface area contributed by atoms with Crippen LogP contribution in [0.2, 0.25) is 0 Å². The van der Waals surface area contributed by atoms with Crippen LogP contribution in [0.1, 0.15) is 40.9 Å². The molecule has 25 heavy (non-hydrogen) atoms. The van der Waals surface area contributed by atoms with Gasteiger partial charge in [0, 0.05) is 13.6 Å². The van der Waals surface area contributed by atoms with Gasteiger partial charge in [-0.3, -0.25) is 0 Å². The monoisotopic (exact) mass is 338 g/mol. The van der Waals surface area contributed by atoms with Crippen LogP contribution in [0.25, 0.3) is 0 Å². The highest BCUT2D eigenvalue weighted by Gasteiger charge is 2.12. The van der Waals surface area contributed by atoms with Crippen LogP contribution in [0, 0.1) is 6.92 Å². The molecule has 0 heterocycles. The molecule has 0 bridgehead atoms. The third kappa shape index (κ3) is 5.45. The van der Waals surface area contributed by atoms with Gasteiger partial charge in [0.25, 0.3) is 0 Å². The fourth-order valence-corrected chi connectivity index (χ4v) is 2.31. The standard InChI is InChI=1S/C21H26N2O2/c1-5-18-13-19(22-15-23(4)6-2)11-12-20(18)21(24)25-14-17-9-7-16(3)8-10-17/h7-13,15H,5-6,14H2,1-4H3/b22-15+. The number of ether oxygens (including phenoxy) is 1. The SMILES string of the molecule is CCc1cc(/N=C/N(C)CC)ccc1C(=O)OCc1ccc(C)cc1. The second kappa shape index (κ2) is 9.02. The first-order valence-electron chi connectivity index (χ1n) is 8.63. The van der Waals surface area contributed by atoms with E-state index in [0.29, 0.717) is 5.56 Å². The van der Waals surface area contributed by atoms with Gasteiger partial charge in [-0.2, -0.15) is 0 Å². The molecule has 0 aliphatic heterocycles. The minimum absolute atomic E-state index is 0.281. The van der Waals surface area contributed by atoms with Crippen LogP contribution in [0.15, 0.2) is 47.5 Å². The Balaban J connectivity index is 2.08. The van der Waals surface area contributed by atoms with Gasteiger partial charge in [-0.25, -0.2) is 9.79 Å². The predicted molar refractivity (Wildman–Crippen MR) is 103 cm³/mol. The molecule has 132 valence electrons. The molecule has 0 radical (unpaired) electrons. The largest absolute Gasteiger partial charge is 0.457 e. The Kier molecular flexibility index (Phi) is 6.75. The maximum absolute atomic E-state index is 12.4. The number of carbonyl (C=O) groups is 1. The summed E-state index contributed by atoms with van der Waals surface area (Å²) in [5.74, 6) is -0.293. The van der Waals surface area contributed by atoms with E-state index in [1.165, 1.54) is 5.56 Å². The molecule has 2 aromatic rings. The molecule has 0 fully saturated rings. The van der Waals surface area contributed by atoms with Crippen LogP contribution in [0.5, 0.6) is 0 Å². The van der Waals surface area contributed by atoms with Crippen LogP contribution in [0.4, 0.5) is 5.69 Å². The maximum Gasteiger partial charge on any atom is 0.338 e. The Bertz CT molecular complexity index is 736. The molecule has 0 amide bonds. The zero-order valence-corrected chi connectivity index (χ0v) is 15.5. The molecule has 4 heteroatoms. The molecule has 0 aliphatic carbocycles. The summed E-state index contributed by atoms with van der Waals surface area (Å²) in [6, 6.07) is 13.6. The average Bonchev–Trinajstić information content (AvgIpc) is 2.65. The van der Waals surface area contributed by atoms with Gasteiger partial charge < -0.3 is 9.64 Å². The van der Waals surface area contributed by atoms with E-state index in [0.717, 1.165) is 29.8 Å². The smallest absolute Gasteiger partial charge is 0.338 e. The Hall–Kier alpha value is -2.62. The first-order chi connectivity index (χ1) is 12.0. The lowest BCUT2D eigenvalue weighted by molar-refractivity contribution is 0.0471. The minimum atomic E-state index is -0.293. The van der Waals surface area contributed by atoms with Gasteiger partial charge in [0.2, 0.25) is 0 Å². The number of benzene rings is 2. The molecular weight excluding hydrogens is 312 g/mol. The van der Waals surface area contributed by atoms with E-state index in [-0.39, 0.29) is 12.6 Å². The minimum Gasteiger partial charge on any atom is -0.457 e. The predicted octanol–water partition coefficient (Wildman–Crippen LogP) is 4.53. The number of hydrogen-bond donors (Lipinski definition) is 0. The number of rotatable bonds is 7. The summed E-state index contributed by atoms with van der Waals surface area (Å²) in [5.41, 5.74) is 4.57.